The Hall–Kier alpha value is -4.86. The van der Waals surface area contributed by atoms with E-state index < -0.39 is 63.5 Å². The van der Waals surface area contributed by atoms with Gasteiger partial charge in [0.05, 0.1) is 19.6 Å². The molecule has 0 saturated heterocycles. The fourth-order valence-corrected chi connectivity index (χ4v) is 13.2. The molecule has 0 saturated carbocycles. The van der Waals surface area contributed by atoms with E-state index in [9.17, 15) is 43.3 Å². The summed E-state index contributed by atoms with van der Waals surface area (Å²) in [5.74, 6) is 0. The van der Waals surface area contributed by atoms with Gasteiger partial charge in [0, 0.05) is 39.3 Å². The van der Waals surface area contributed by atoms with E-state index in [0.717, 1.165) is 22.3 Å². The van der Waals surface area contributed by atoms with Crippen LogP contribution in [0.25, 0.3) is 0 Å². The number of amides is 2. The van der Waals surface area contributed by atoms with Gasteiger partial charge in [0.15, 0.2) is 0 Å². The van der Waals surface area contributed by atoms with E-state index in [1.54, 1.807) is 114 Å². The Labute approximate surface area is 436 Å². The van der Waals surface area contributed by atoms with Crippen LogP contribution in [0.4, 0.5) is 9.59 Å². The lowest BCUT2D eigenvalue weighted by Gasteiger charge is -2.27. The van der Waals surface area contributed by atoms with E-state index in [0.29, 0.717) is 40.7 Å². The lowest BCUT2D eigenvalue weighted by Crippen LogP contribution is -2.41. The van der Waals surface area contributed by atoms with Crippen molar-refractivity contribution in [2.75, 3.05) is 39.3 Å². The summed E-state index contributed by atoms with van der Waals surface area (Å²) < 4.78 is 126. The molecule has 0 spiro atoms. The van der Waals surface area contributed by atoms with Crippen LogP contribution >= 0.6 is 0 Å². The molecule has 0 heterocycles. The normalized spacial score (nSPS) is 12.8. The second-order valence-corrected chi connectivity index (χ2v) is 28.0. The third kappa shape index (κ3) is 18.2. The van der Waals surface area contributed by atoms with Crippen LogP contribution in [0.5, 0.6) is 0 Å². The van der Waals surface area contributed by atoms with E-state index in [1.165, 1.54) is 32.9 Å². The van der Waals surface area contributed by atoms with Gasteiger partial charge in [-0.05, 0) is 156 Å². The summed E-state index contributed by atoms with van der Waals surface area (Å²) in [6.07, 6.45) is 1.63. The van der Waals surface area contributed by atoms with E-state index in [4.69, 9.17) is 9.47 Å². The summed E-state index contributed by atoms with van der Waals surface area (Å²) in [6, 6.07) is 25.4. The first-order valence-corrected chi connectivity index (χ1v) is 30.5. The molecule has 0 atom stereocenters. The third-order valence-corrected chi connectivity index (χ3v) is 19.0. The smallest absolute Gasteiger partial charge is 0.424 e. The van der Waals surface area contributed by atoms with Gasteiger partial charge in [0.2, 0.25) is 20.0 Å². The summed E-state index contributed by atoms with van der Waals surface area (Å²) in [5.41, 5.74) is 1.53. The maximum atomic E-state index is 14.1. The van der Waals surface area contributed by atoms with Crippen LogP contribution in [-0.2, 0) is 49.6 Å². The molecule has 4 aromatic rings. The molecule has 0 fully saturated rings. The number of unbranched alkanes of at least 4 members (excludes halogenated alkanes) is 6. The molecule has 4 aromatic carbocycles. The van der Waals surface area contributed by atoms with E-state index in [-0.39, 0.29) is 84.5 Å². The van der Waals surface area contributed by atoms with Crippen LogP contribution in [-0.4, -0.2) is 114 Å². The molecule has 2 amide bonds. The van der Waals surface area contributed by atoms with E-state index in [1.807, 2.05) is 27.7 Å². The molecule has 16 nitrogen and oxygen atoms in total. The molecule has 0 bridgehead atoms. The van der Waals surface area contributed by atoms with Crippen LogP contribution in [0.3, 0.4) is 0 Å². The third-order valence-electron chi connectivity index (χ3n) is 11.6. The van der Waals surface area contributed by atoms with Gasteiger partial charge in [-0.15, -0.1) is 0 Å². The average Bonchev–Trinajstić information content (AvgIpc) is 3.28. The minimum atomic E-state index is -4.30. The quantitative estimate of drug-likeness (QED) is 0.0539. The molecule has 404 valence electrons. The topological polar surface area (TPSA) is 202 Å². The van der Waals surface area contributed by atoms with Crippen LogP contribution in [0.2, 0.25) is 0 Å². The lowest BCUT2D eigenvalue weighted by molar-refractivity contribution is 0.0376. The number of hydrogen-bond donors (Lipinski definition) is 0. The number of sulfonamides is 4. The van der Waals surface area contributed by atoms with Crippen molar-refractivity contribution in [1.29, 1.82) is 0 Å². The van der Waals surface area contributed by atoms with Crippen molar-refractivity contribution in [2.24, 2.45) is 0 Å². The van der Waals surface area contributed by atoms with Crippen molar-refractivity contribution in [1.82, 2.24) is 17.2 Å². The number of carbonyl (C=O) groups is 2. The lowest BCUT2D eigenvalue weighted by atomic mass is 10.1. The number of benzene rings is 4. The van der Waals surface area contributed by atoms with Gasteiger partial charge < -0.3 is 9.47 Å². The molecule has 0 aliphatic carbocycles. The van der Waals surface area contributed by atoms with Gasteiger partial charge in [0.1, 0.15) is 11.2 Å². The maximum absolute atomic E-state index is 14.1. The Morgan fingerprint density at radius 3 is 0.795 bits per heavy atom. The highest BCUT2D eigenvalue weighted by atomic mass is 32.2. The van der Waals surface area contributed by atoms with Gasteiger partial charge in [0.25, 0.3) is 20.0 Å². The van der Waals surface area contributed by atoms with Crippen molar-refractivity contribution in [3.8, 4) is 0 Å². The minimum Gasteiger partial charge on any atom is -0.443 e. The number of nitrogens with zero attached hydrogens (tertiary/aromatic N) is 4. The van der Waals surface area contributed by atoms with Crippen molar-refractivity contribution in [3.05, 3.63) is 119 Å². The first-order chi connectivity index (χ1) is 33.9. The second-order valence-electron chi connectivity index (χ2n) is 20.4. The largest absolute Gasteiger partial charge is 0.443 e. The molecule has 0 aliphatic rings. The number of carbonyl (C=O) groups excluding carboxylic acids is 2. The zero-order chi connectivity index (χ0) is 54.4. The van der Waals surface area contributed by atoms with Crippen molar-refractivity contribution in [2.45, 2.75) is 158 Å². The van der Waals surface area contributed by atoms with Crippen LogP contribution in [0.1, 0.15) is 122 Å². The molecule has 0 unspecified atom stereocenters. The summed E-state index contributed by atoms with van der Waals surface area (Å²) in [4.78, 5) is 26.8. The SMILES string of the molecule is Cc1ccc(S(=O)(=O)N(CCCCCCCN(CCCCN(C(=O)OC(C)(C)C)S(=O)(=O)c2ccc(C)cc2)S(=O)(=O)c2ccc(C)cc2)CCCCN(C(=O)OC(C)(C)C)S(=O)(=O)c2ccc(C)cc2)cc1. The molecule has 0 radical (unpaired) electrons. The Kier molecular flexibility index (Phi) is 21.7. The first-order valence-electron chi connectivity index (χ1n) is 24.7. The molecule has 73 heavy (non-hydrogen) atoms. The summed E-state index contributed by atoms with van der Waals surface area (Å²) in [7, 11) is -16.5. The minimum absolute atomic E-state index is 0.0577. The molecule has 20 heteroatoms. The summed E-state index contributed by atoms with van der Waals surface area (Å²) in [5, 5.41) is 0. The monoisotopic (exact) mass is 1090 g/mol. The zero-order valence-corrected chi connectivity index (χ0v) is 47.4. The Morgan fingerprint density at radius 2 is 0.548 bits per heavy atom. The maximum Gasteiger partial charge on any atom is 0.424 e. The Bertz CT molecular complexity index is 2680. The highest BCUT2D eigenvalue weighted by molar-refractivity contribution is 7.90. The van der Waals surface area contributed by atoms with E-state index in [2.05, 4.69) is 0 Å². The molecular formula is C53H76N4O12S4. The van der Waals surface area contributed by atoms with Gasteiger partial charge >= 0.3 is 12.2 Å². The predicted molar refractivity (Wildman–Crippen MR) is 284 cm³/mol. The molecule has 0 aliphatic heterocycles. The van der Waals surface area contributed by atoms with Crippen molar-refractivity contribution in [3.63, 3.8) is 0 Å². The zero-order valence-electron chi connectivity index (χ0n) is 44.2. The highest BCUT2D eigenvalue weighted by Crippen LogP contribution is 2.25. The standard InChI is InChI=1S/C53H76N4O12S4/c1-42-20-28-46(29-21-42)70(60,61)54(38-16-18-40-56(50(58)68-52(5,6)7)72(64,65)48-32-24-44(3)25-33-48)36-14-12-11-13-15-37-55(71(62,63)47-30-22-43(2)23-31-47)39-17-19-41-57(51(59)69-53(8,9)10)73(66,67)49-34-26-45(4)27-35-49/h20-35H,11-19,36-41H2,1-10H3. The van der Waals surface area contributed by atoms with Crippen molar-refractivity contribution >= 4 is 52.3 Å². The Balaban J connectivity index is 1.42. The van der Waals surface area contributed by atoms with Crippen LogP contribution in [0.15, 0.2) is 117 Å². The number of aryl methyl sites for hydroxylation is 4. The molecular weight excluding hydrogens is 1010 g/mol. The molecule has 4 rings (SSSR count). The number of hydrogen-bond acceptors (Lipinski definition) is 12. The number of rotatable bonds is 26. The van der Waals surface area contributed by atoms with Crippen molar-refractivity contribution < 1.29 is 52.7 Å². The van der Waals surface area contributed by atoms with Gasteiger partial charge in [-0.2, -0.15) is 8.61 Å². The predicted octanol–water partition coefficient (Wildman–Crippen LogP) is 10.4. The molecule has 0 N–H and O–H groups in total. The number of ether oxygens (including phenoxy) is 2. The summed E-state index contributed by atoms with van der Waals surface area (Å²) in [6.45, 7) is 17.2. The fraction of sp³-hybridized carbons (Fsp3) is 0.509. The van der Waals surface area contributed by atoms with Crippen LogP contribution < -0.4 is 0 Å². The van der Waals surface area contributed by atoms with Gasteiger partial charge in [-0.3, -0.25) is 0 Å². The average molecular weight is 1090 g/mol. The summed E-state index contributed by atoms with van der Waals surface area (Å²) >= 11 is 0. The van der Waals surface area contributed by atoms with Crippen LogP contribution in [0, 0.1) is 27.7 Å². The van der Waals surface area contributed by atoms with Gasteiger partial charge in [-0.1, -0.05) is 90.0 Å². The highest BCUT2D eigenvalue weighted by Gasteiger charge is 2.35. The fourth-order valence-electron chi connectivity index (χ4n) is 7.54. The first kappa shape index (κ1) is 60.7. The van der Waals surface area contributed by atoms with Gasteiger partial charge in [-0.25, -0.2) is 51.9 Å². The Morgan fingerprint density at radius 1 is 0.342 bits per heavy atom. The second kappa shape index (κ2) is 26.1. The van der Waals surface area contributed by atoms with E-state index >= 15 is 0 Å². The molecule has 0 aromatic heterocycles.